The van der Waals surface area contributed by atoms with Crippen LogP contribution in [0.15, 0.2) is 42.5 Å². The summed E-state index contributed by atoms with van der Waals surface area (Å²) in [5.74, 6) is -0.315. The number of nitrogens with zero attached hydrogens (tertiary/aromatic N) is 3. The fourth-order valence-corrected chi connectivity index (χ4v) is 2.71. The maximum absolute atomic E-state index is 12.4. The predicted octanol–water partition coefficient (Wildman–Crippen LogP) is 3.06. The Morgan fingerprint density at radius 3 is 2.57 bits per heavy atom. The molecule has 3 aromatic rings. The smallest absolute Gasteiger partial charge is 0.345 e. The molecule has 0 unspecified atom stereocenters. The van der Waals surface area contributed by atoms with Crippen molar-refractivity contribution >= 4 is 29.3 Å². The Morgan fingerprint density at radius 1 is 1.14 bits per heavy atom. The van der Waals surface area contributed by atoms with Gasteiger partial charge in [-0.25, -0.2) is 9.78 Å². The molecule has 0 aliphatic carbocycles. The van der Waals surface area contributed by atoms with E-state index >= 15 is 0 Å². The molecule has 9 heteroatoms. The topological polar surface area (TPSA) is 137 Å². The number of hydrogen-bond donors (Lipinski definition) is 2. The second-order valence-corrected chi connectivity index (χ2v) is 5.94. The van der Waals surface area contributed by atoms with Gasteiger partial charge in [-0.2, -0.15) is 10.2 Å². The summed E-state index contributed by atoms with van der Waals surface area (Å²) in [6.45, 7) is 0. The van der Waals surface area contributed by atoms with Gasteiger partial charge < -0.3 is 20.9 Å². The molecular formula is C19H14ClN5O3. The molecule has 28 heavy (non-hydrogen) atoms. The van der Waals surface area contributed by atoms with E-state index in [0.29, 0.717) is 5.56 Å². The van der Waals surface area contributed by atoms with Crippen LogP contribution in [0.2, 0.25) is 5.02 Å². The first-order valence-corrected chi connectivity index (χ1v) is 8.30. The summed E-state index contributed by atoms with van der Waals surface area (Å²) in [4.78, 5) is 20.3. The van der Waals surface area contributed by atoms with E-state index in [0.717, 1.165) is 0 Å². The van der Waals surface area contributed by atoms with Gasteiger partial charge in [0, 0.05) is 5.56 Å². The molecule has 3 rings (SSSR count). The highest BCUT2D eigenvalue weighted by molar-refractivity contribution is 6.33. The minimum atomic E-state index is -0.634. The monoisotopic (exact) mass is 395 g/mol. The van der Waals surface area contributed by atoms with Gasteiger partial charge in [-0.3, -0.25) is 0 Å². The van der Waals surface area contributed by atoms with Crippen LogP contribution in [-0.4, -0.2) is 23.0 Å². The molecule has 140 valence electrons. The van der Waals surface area contributed by atoms with Crippen molar-refractivity contribution in [2.45, 2.75) is 0 Å². The number of ether oxygens (including phenoxy) is 2. The Hall–Kier alpha value is -3.83. The summed E-state index contributed by atoms with van der Waals surface area (Å²) in [6.07, 6.45) is 0. The molecule has 0 bridgehead atoms. The van der Waals surface area contributed by atoms with Gasteiger partial charge in [0.25, 0.3) is 0 Å². The van der Waals surface area contributed by atoms with Crippen molar-refractivity contribution in [1.29, 1.82) is 5.26 Å². The number of nitrogen functional groups attached to an aromatic ring is 2. The Morgan fingerprint density at radius 2 is 1.89 bits per heavy atom. The lowest BCUT2D eigenvalue weighted by atomic mass is 10.1. The highest BCUT2D eigenvalue weighted by atomic mass is 35.5. The van der Waals surface area contributed by atoms with E-state index in [2.05, 4.69) is 9.97 Å². The minimum absolute atomic E-state index is 0.0295. The maximum atomic E-state index is 12.4. The summed E-state index contributed by atoms with van der Waals surface area (Å²) >= 11 is 6.03. The van der Waals surface area contributed by atoms with Gasteiger partial charge in [0.2, 0.25) is 5.95 Å². The Labute approximate surface area is 165 Å². The number of rotatable bonds is 4. The molecular weight excluding hydrogens is 382 g/mol. The van der Waals surface area contributed by atoms with Crippen LogP contribution in [0.1, 0.15) is 15.9 Å². The predicted molar refractivity (Wildman–Crippen MR) is 104 cm³/mol. The van der Waals surface area contributed by atoms with Crippen LogP contribution in [0.5, 0.6) is 11.5 Å². The SMILES string of the molecule is COc1cc(-c2nc(N)nc(N)c2C#N)ccc1OC(=O)c1ccccc1Cl. The zero-order valence-corrected chi connectivity index (χ0v) is 15.4. The molecule has 0 spiro atoms. The van der Waals surface area contributed by atoms with Crippen molar-refractivity contribution in [1.82, 2.24) is 9.97 Å². The summed E-state index contributed by atoms with van der Waals surface area (Å²) in [7, 11) is 1.42. The van der Waals surface area contributed by atoms with Crippen LogP contribution in [0, 0.1) is 11.3 Å². The quantitative estimate of drug-likeness (QED) is 0.507. The fourth-order valence-electron chi connectivity index (χ4n) is 2.50. The summed E-state index contributed by atoms with van der Waals surface area (Å²) < 4.78 is 10.7. The number of benzene rings is 2. The minimum Gasteiger partial charge on any atom is -0.493 e. The molecule has 2 aromatic carbocycles. The fraction of sp³-hybridized carbons (Fsp3) is 0.0526. The first kappa shape index (κ1) is 18.9. The molecule has 0 aliphatic heterocycles. The van der Waals surface area contributed by atoms with E-state index in [1.165, 1.54) is 13.2 Å². The number of esters is 1. The normalized spacial score (nSPS) is 10.2. The van der Waals surface area contributed by atoms with Crippen molar-refractivity contribution < 1.29 is 14.3 Å². The molecule has 8 nitrogen and oxygen atoms in total. The molecule has 0 atom stereocenters. The number of carbonyl (C=O) groups excluding carboxylic acids is 1. The van der Waals surface area contributed by atoms with Crippen LogP contribution in [0.4, 0.5) is 11.8 Å². The number of hydrogen-bond acceptors (Lipinski definition) is 8. The average Bonchev–Trinajstić information content (AvgIpc) is 2.68. The third-order valence-corrected chi connectivity index (χ3v) is 4.13. The van der Waals surface area contributed by atoms with Gasteiger partial charge >= 0.3 is 5.97 Å². The largest absolute Gasteiger partial charge is 0.493 e. The number of aromatic nitrogens is 2. The number of carbonyl (C=O) groups is 1. The molecule has 0 saturated carbocycles. The van der Waals surface area contributed by atoms with Crippen LogP contribution in [-0.2, 0) is 0 Å². The number of anilines is 2. The van der Waals surface area contributed by atoms with Crippen LogP contribution < -0.4 is 20.9 Å². The van der Waals surface area contributed by atoms with Gasteiger partial charge in [-0.1, -0.05) is 23.7 Å². The first-order valence-electron chi connectivity index (χ1n) is 7.92. The Kier molecular flexibility index (Phi) is 5.29. The number of halogens is 1. The van der Waals surface area contributed by atoms with E-state index < -0.39 is 5.97 Å². The number of methoxy groups -OCH3 is 1. The van der Waals surface area contributed by atoms with Crippen molar-refractivity contribution in [3.63, 3.8) is 0 Å². The van der Waals surface area contributed by atoms with Gasteiger partial charge in [0.05, 0.1) is 23.4 Å². The average molecular weight is 396 g/mol. The molecule has 1 aromatic heterocycles. The van der Waals surface area contributed by atoms with Gasteiger partial charge in [0.15, 0.2) is 11.5 Å². The lowest BCUT2D eigenvalue weighted by Gasteiger charge is -2.12. The van der Waals surface area contributed by atoms with Gasteiger partial charge in [-0.15, -0.1) is 0 Å². The van der Waals surface area contributed by atoms with E-state index in [9.17, 15) is 10.1 Å². The van der Waals surface area contributed by atoms with Crippen molar-refractivity contribution in [2.75, 3.05) is 18.6 Å². The molecule has 1 heterocycles. The second kappa shape index (κ2) is 7.82. The number of nitrogens with two attached hydrogens (primary N) is 2. The van der Waals surface area contributed by atoms with Crippen molar-refractivity contribution in [3.8, 4) is 28.8 Å². The van der Waals surface area contributed by atoms with Gasteiger partial charge in [0.1, 0.15) is 17.5 Å². The lowest BCUT2D eigenvalue weighted by molar-refractivity contribution is 0.0730. The van der Waals surface area contributed by atoms with Crippen LogP contribution in [0.3, 0.4) is 0 Å². The van der Waals surface area contributed by atoms with Gasteiger partial charge in [-0.05, 0) is 30.3 Å². The highest BCUT2D eigenvalue weighted by Crippen LogP contribution is 2.34. The first-order chi connectivity index (χ1) is 13.4. The summed E-state index contributed by atoms with van der Waals surface area (Å²) in [6, 6.07) is 13.1. The summed E-state index contributed by atoms with van der Waals surface area (Å²) in [5.41, 5.74) is 12.4. The van der Waals surface area contributed by atoms with Crippen molar-refractivity contribution in [2.24, 2.45) is 0 Å². The molecule has 0 aliphatic rings. The molecule has 4 N–H and O–H groups in total. The van der Waals surface area contributed by atoms with Crippen molar-refractivity contribution in [3.05, 3.63) is 58.6 Å². The lowest BCUT2D eigenvalue weighted by Crippen LogP contribution is -2.10. The van der Waals surface area contributed by atoms with E-state index in [1.807, 2.05) is 6.07 Å². The third-order valence-electron chi connectivity index (χ3n) is 3.80. The number of nitriles is 1. The summed E-state index contributed by atoms with van der Waals surface area (Å²) in [5, 5.41) is 9.61. The Bertz CT molecular complexity index is 1110. The molecule has 0 saturated heterocycles. The molecule has 0 fully saturated rings. The maximum Gasteiger partial charge on any atom is 0.345 e. The Balaban J connectivity index is 2.00. The van der Waals surface area contributed by atoms with E-state index in [1.54, 1.807) is 36.4 Å². The zero-order chi connectivity index (χ0) is 20.3. The third kappa shape index (κ3) is 3.65. The van der Waals surface area contributed by atoms with E-state index in [4.69, 9.17) is 32.5 Å². The zero-order valence-electron chi connectivity index (χ0n) is 14.6. The molecule has 0 amide bonds. The highest BCUT2D eigenvalue weighted by Gasteiger charge is 2.18. The second-order valence-electron chi connectivity index (χ2n) is 5.54. The van der Waals surface area contributed by atoms with Crippen LogP contribution in [0.25, 0.3) is 11.3 Å². The van der Waals surface area contributed by atoms with E-state index in [-0.39, 0.29) is 45.1 Å². The van der Waals surface area contributed by atoms with Crippen LogP contribution >= 0.6 is 11.6 Å². The molecule has 0 radical (unpaired) electrons. The standard InChI is InChI=1S/C19H14ClN5O3/c1-27-15-8-10(16-12(9-21)17(22)25-19(23)24-16)6-7-14(15)28-18(26)11-4-2-3-5-13(11)20/h2-8H,1H3,(H4,22,23,24,25).